The van der Waals surface area contributed by atoms with Crippen LogP contribution in [0.3, 0.4) is 0 Å². The Morgan fingerprint density at radius 1 is 1.28 bits per heavy atom. The SMILES string of the molecule is CN(C)S(=O)n1c(C=O)cnc1N1CCN(C(=O)OC(C)(C)C)CC1. The fourth-order valence-electron chi connectivity index (χ4n) is 2.37. The highest BCUT2D eigenvalue weighted by atomic mass is 32.2. The highest BCUT2D eigenvalue weighted by Gasteiger charge is 2.29. The predicted molar refractivity (Wildman–Crippen MR) is 94.9 cm³/mol. The van der Waals surface area contributed by atoms with Crippen LogP contribution < -0.4 is 4.90 Å². The van der Waals surface area contributed by atoms with Gasteiger partial charge in [-0.1, -0.05) is 0 Å². The Bertz CT molecular complexity index is 659. The van der Waals surface area contributed by atoms with Crippen molar-refractivity contribution in [1.29, 1.82) is 0 Å². The van der Waals surface area contributed by atoms with E-state index in [9.17, 15) is 13.8 Å². The molecule has 0 aliphatic carbocycles. The molecule has 25 heavy (non-hydrogen) atoms. The molecule has 10 heteroatoms. The van der Waals surface area contributed by atoms with Gasteiger partial charge in [0, 0.05) is 40.3 Å². The first-order valence-corrected chi connectivity index (χ1v) is 9.06. The summed E-state index contributed by atoms with van der Waals surface area (Å²) in [7, 11) is 3.32. The van der Waals surface area contributed by atoms with E-state index in [-0.39, 0.29) is 11.8 Å². The number of anilines is 1. The second-order valence-electron chi connectivity index (χ2n) is 6.89. The average Bonchev–Trinajstić information content (AvgIpc) is 2.96. The number of nitrogens with zero attached hydrogens (tertiary/aromatic N) is 5. The van der Waals surface area contributed by atoms with Crippen LogP contribution in [0.2, 0.25) is 0 Å². The zero-order valence-corrected chi connectivity index (χ0v) is 16.1. The van der Waals surface area contributed by atoms with E-state index in [1.807, 2.05) is 25.7 Å². The molecule has 1 aromatic rings. The monoisotopic (exact) mass is 371 g/mol. The van der Waals surface area contributed by atoms with Crippen molar-refractivity contribution in [2.75, 3.05) is 45.2 Å². The number of piperazine rings is 1. The van der Waals surface area contributed by atoms with E-state index < -0.39 is 16.8 Å². The van der Waals surface area contributed by atoms with Crippen molar-refractivity contribution in [2.45, 2.75) is 26.4 Å². The number of imidazole rings is 1. The summed E-state index contributed by atoms with van der Waals surface area (Å²) in [5.41, 5.74) is -0.289. The second-order valence-corrected chi connectivity index (χ2v) is 8.45. The molecule has 1 atom stereocenters. The molecule has 0 bridgehead atoms. The number of carbonyl (C=O) groups is 2. The lowest BCUT2D eigenvalue weighted by Crippen LogP contribution is -2.51. The zero-order chi connectivity index (χ0) is 18.8. The smallest absolute Gasteiger partial charge is 0.410 e. The van der Waals surface area contributed by atoms with Gasteiger partial charge in [0.05, 0.1) is 6.20 Å². The van der Waals surface area contributed by atoms with Crippen LogP contribution in [0, 0.1) is 0 Å². The van der Waals surface area contributed by atoms with Gasteiger partial charge in [-0.05, 0) is 20.8 Å². The molecule has 140 valence electrons. The average molecular weight is 371 g/mol. The predicted octanol–water partition coefficient (Wildman–Crippen LogP) is 0.741. The van der Waals surface area contributed by atoms with E-state index in [4.69, 9.17) is 4.74 Å². The number of aldehydes is 1. The van der Waals surface area contributed by atoms with Crippen LogP contribution in [-0.4, -0.2) is 80.6 Å². The van der Waals surface area contributed by atoms with Crippen LogP contribution in [0.25, 0.3) is 0 Å². The van der Waals surface area contributed by atoms with Gasteiger partial charge in [-0.15, -0.1) is 0 Å². The summed E-state index contributed by atoms with van der Waals surface area (Å²) in [5, 5.41) is 0. The maximum Gasteiger partial charge on any atom is 0.410 e. The molecule has 1 aliphatic heterocycles. The normalized spacial score (nSPS) is 16.9. The number of aromatic nitrogens is 2. The summed E-state index contributed by atoms with van der Waals surface area (Å²) in [4.78, 5) is 31.2. The van der Waals surface area contributed by atoms with Gasteiger partial charge in [0.1, 0.15) is 11.3 Å². The fraction of sp³-hybridized carbons (Fsp3) is 0.667. The Labute approximate surface area is 150 Å². The first kappa shape index (κ1) is 19.4. The topological polar surface area (TPSA) is 88.0 Å². The van der Waals surface area contributed by atoms with Crippen LogP contribution in [0.5, 0.6) is 0 Å². The number of carbonyl (C=O) groups excluding carboxylic acids is 2. The van der Waals surface area contributed by atoms with Crippen molar-refractivity contribution in [3.05, 3.63) is 11.9 Å². The molecule has 0 N–H and O–H groups in total. The minimum atomic E-state index is -1.55. The van der Waals surface area contributed by atoms with Gasteiger partial charge in [-0.2, -0.15) is 0 Å². The second kappa shape index (κ2) is 7.52. The number of hydrogen-bond donors (Lipinski definition) is 0. The van der Waals surface area contributed by atoms with E-state index in [0.717, 1.165) is 0 Å². The van der Waals surface area contributed by atoms with Crippen LogP contribution in [0.15, 0.2) is 6.20 Å². The number of hydrogen-bond acceptors (Lipinski definition) is 6. The van der Waals surface area contributed by atoms with E-state index in [1.54, 1.807) is 19.0 Å². The first-order chi connectivity index (χ1) is 11.6. The Hall–Kier alpha value is -1.94. The van der Waals surface area contributed by atoms with Gasteiger partial charge >= 0.3 is 6.09 Å². The molecular formula is C15H25N5O4S. The van der Waals surface area contributed by atoms with Crippen molar-refractivity contribution >= 4 is 29.5 Å². The summed E-state index contributed by atoms with van der Waals surface area (Å²) in [6.45, 7) is 7.44. The molecule has 0 spiro atoms. The minimum Gasteiger partial charge on any atom is -0.444 e. The van der Waals surface area contributed by atoms with Crippen LogP contribution >= 0.6 is 0 Å². The van der Waals surface area contributed by atoms with E-state index in [1.165, 1.54) is 14.5 Å². The lowest BCUT2D eigenvalue weighted by molar-refractivity contribution is 0.0240. The molecule has 1 saturated heterocycles. The molecule has 0 saturated carbocycles. The molecule has 2 rings (SSSR count). The summed E-state index contributed by atoms with van der Waals surface area (Å²) in [6.07, 6.45) is 1.69. The van der Waals surface area contributed by atoms with Crippen LogP contribution in [0.1, 0.15) is 31.3 Å². The third kappa shape index (κ3) is 4.57. The highest BCUT2D eigenvalue weighted by Crippen LogP contribution is 2.20. The molecule has 0 radical (unpaired) electrons. The Morgan fingerprint density at radius 2 is 1.88 bits per heavy atom. The van der Waals surface area contributed by atoms with Crippen molar-refractivity contribution in [2.24, 2.45) is 0 Å². The molecule has 2 heterocycles. The molecule has 1 fully saturated rings. The van der Waals surface area contributed by atoms with Crippen LogP contribution in [-0.2, 0) is 15.9 Å². The fourth-order valence-corrected chi connectivity index (χ4v) is 3.27. The van der Waals surface area contributed by atoms with Gasteiger partial charge in [-0.3, -0.25) is 4.79 Å². The molecule has 1 unspecified atom stereocenters. The zero-order valence-electron chi connectivity index (χ0n) is 15.3. The van der Waals surface area contributed by atoms with Gasteiger partial charge < -0.3 is 14.5 Å². The van der Waals surface area contributed by atoms with Crippen molar-refractivity contribution in [3.63, 3.8) is 0 Å². The van der Waals surface area contributed by atoms with Crippen LogP contribution in [0.4, 0.5) is 10.7 Å². The molecule has 0 aromatic carbocycles. The van der Waals surface area contributed by atoms with Crippen molar-refractivity contribution in [1.82, 2.24) is 18.2 Å². The van der Waals surface area contributed by atoms with Gasteiger partial charge in [-0.25, -0.2) is 22.3 Å². The summed E-state index contributed by atoms with van der Waals surface area (Å²) < 4.78 is 20.7. The Balaban J connectivity index is 2.11. The van der Waals surface area contributed by atoms with E-state index in [2.05, 4.69) is 4.98 Å². The third-order valence-electron chi connectivity index (χ3n) is 3.53. The minimum absolute atomic E-state index is 0.247. The maximum absolute atomic E-state index is 12.5. The molecule has 9 nitrogen and oxygen atoms in total. The van der Waals surface area contributed by atoms with Crippen molar-refractivity contribution < 1.29 is 18.5 Å². The Kier molecular flexibility index (Phi) is 5.83. The van der Waals surface area contributed by atoms with Crippen molar-refractivity contribution in [3.8, 4) is 0 Å². The molecule has 1 aliphatic rings. The standard InChI is InChI=1S/C15H25N5O4S/c1-15(2,3)24-14(22)19-8-6-18(7-9-19)13-16-10-12(11-21)20(13)25(23)17(4)5/h10-11H,6-9H2,1-5H3. The molecule has 1 amide bonds. The lowest BCUT2D eigenvalue weighted by Gasteiger charge is -2.36. The molecule has 1 aromatic heterocycles. The van der Waals surface area contributed by atoms with E-state index >= 15 is 0 Å². The van der Waals surface area contributed by atoms with Gasteiger partial charge in [0.15, 0.2) is 6.29 Å². The number of rotatable bonds is 4. The Morgan fingerprint density at radius 3 is 2.36 bits per heavy atom. The summed E-state index contributed by atoms with van der Waals surface area (Å²) in [5.74, 6) is 0.456. The highest BCUT2D eigenvalue weighted by molar-refractivity contribution is 7.81. The largest absolute Gasteiger partial charge is 0.444 e. The van der Waals surface area contributed by atoms with Gasteiger partial charge in [0.2, 0.25) is 17.1 Å². The lowest BCUT2D eigenvalue weighted by atomic mass is 10.2. The maximum atomic E-state index is 12.5. The molecular weight excluding hydrogens is 346 g/mol. The summed E-state index contributed by atoms with van der Waals surface area (Å²) in [6, 6.07) is 0. The van der Waals surface area contributed by atoms with E-state index in [0.29, 0.717) is 38.4 Å². The third-order valence-corrected chi connectivity index (χ3v) is 4.84. The first-order valence-electron chi connectivity index (χ1n) is 7.99. The number of ether oxygens (including phenoxy) is 1. The quantitative estimate of drug-likeness (QED) is 0.726. The van der Waals surface area contributed by atoms with Gasteiger partial charge in [0.25, 0.3) is 0 Å². The summed E-state index contributed by atoms with van der Waals surface area (Å²) >= 11 is -1.55. The number of amides is 1.